The highest BCUT2D eigenvalue weighted by atomic mass is 32.2. The first-order valence-electron chi connectivity index (χ1n) is 12.7. The van der Waals surface area contributed by atoms with Crippen LogP contribution in [0.1, 0.15) is 29.2 Å². The third kappa shape index (κ3) is 5.40. The zero-order valence-electron chi connectivity index (χ0n) is 21.3. The first-order valence-corrected chi connectivity index (χ1v) is 14.0. The summed E-state index contributed by atoms with van der Waals surface area (Å²) in [6.45, 7) is 3.37. The molecule has 4 aliphatic rings. The molecule has 4 heterocycles. The largest absolute Gasteiger partial charge is 0.494 e. The van der Waals surface area contributed by atoms with Crippen molar-refractivity contribution in [3.05, 3.63) is 53.1 Å². The van der Waals surface area contributed by atoms with Crippen LogP contribution in [0.5, 0.6) is 17.2 Å². The van der Waals surface area contributed by atoms with E-state index < -0.39 is 16.3 Å². The van der Waals surface area contributed by atoms with Gasteiger partial charge in [0, 0.05) is 39.3 Å². The van der Waals surface area contributed by atoms with Crippen LogP contribution in [-0.4, -0.2) is 94.5 Å². The molecule has 0 radical (unpaired) electrons. The number of fused-ring (bicyclic) bond motifs is 8. The van der Waals surface area contributed by atoms with Crippen LogP contribution in [-0.2, 0) is 21.4 Å². The fourth-order valence-electron chi connectivity index (χ4n) is 5.10. The molecule has 1 saturated heterocycles. The maximum Gasteiger partial charge on any atom is 0.282 e. The third-order valence-electron chi connectivity index (χ3n) is 7.14. The Morgan fingerprint density at radius 1 is 1.05 bits per heavy atom. The van der Waals surface area contributed by atoms with E-state index >= 15 is 0 Å². The molecule has 6 bridgehead atoms. The van der Waals surface area contributed by atoms with Crippen LogP contribution in [0.15, 0.2) is 36.4 Å². The smallest absolute Gasteiger partial charge is 0.282 e. The van der Waals surface area contributed by atoms with Gasteiger partial charge in [0.2, 0.25) is 0 Å². The summed E-state index contributed by atoms with van der Waals surface area (Å²) in [5, 5.41) is 2.84. The molecule has 1 fully saturated rings. The maximum atomic E-state index is 14.0. The van der Waals surface area contributed by atoms with E-state index in [2.05, 4.69) is 10.2 Å². The van der Waals surface area contributed by atoms with E-state index in [9.17, 15) is 13.2 Å². The van der Waals surface area contributed by atoms with Crippen molar-refractivity contribution in [3.63, 3.8) is 0 Å². The predicted molar refractivity (Wildman–Crippen MR) is 138 cm³/mol. The highest BCUT2D eigenvalue weighted by molar-refractivity contribution is 7.86. The number of hydrogen-bond acceptors (Lipinski definition) is 7. The van der Waals surface area contributed by atoms with Crippen LogP contribution in [0, 0.1) is 0 Å². The Balaban J connectivity index is 1.61. The standard InChI is InChI=1S/C26H34N4O6S/c1-28-10-12-29(13-11-28)37(32,33)30-9-7-19-16-24-23(34-2)17-22(19)26(30)20-5-3-6-21(15-20)35-14-4-8-27-25(31)18-36-24/h3,5-6,15-17,26H,4,7-14,18H2,1-2H3,(H,27,31). The van der Waals surface area contributed by atoms with Crippen molar-refractivity contribution < 1.29 is 27.4 Å². The summed E-state index contributed by atoms with van der Waals surface area (Å²) in [5.41, 5.74) is 2.62. The molecule has 0 spiro atoms. The number of methoxy groups -OCH3 is 1. The van der Waals surface area contributed by atoms with Gasteiger partial charge in [-0.2, -0.15) is 17.0 Å². The lowest BCUT2D eigenvalue weighted by Gasteiger charge is -2.41. The Morgan fingerprint density at radius 2 is 1.86 bits per heavy atom. The van der Waals surface area contributed by atoms with Gasteiger partial charge in [0.1, 0.15) is 5.75 Å². The van der Waals surface area contributed by atoms with E-state index in [0.717, 1.165) is 16.7 Å². The average Bonchev–Trinajstić information content (AvgIpc) is 2.90. The van der Waals surface area contributed by atoms with E-state index in [-0.39, 0.29) is 12.5 Å². The highest BCUT2D eigenvalue weighted by Crippen LogP contribution is 2.43. The fraction of sp³-hybridized carbons (Fsp3) is 0.500. The molecular weight excluding hydrogens is 496 g/mol. The topological polar surface area (TPSA) is 101 Å². The predicted octanol–water partition coefficient (Wildman–Crippen LogP) is 1.41. The number of carbonyl (C=O) groups excluding carboxylic acids is 1. The summed E-state index contributed by atoms with van der Waals surface area (Å²) in [7, 11) is -0.202. The Hall–Kier alpha value is -2.86. The number of hydrogen-bond donors (Lipinski definition) is 1. The van der Waals surface area contributed by atoms with Gasteiger partial charge in [-0.3, -0.25) is 4.79 Å². The minimum atomic E-state index is -3.75. The lowest BCUT2D eigenvalue weighted by molar-refractivity contribution is -0.123. The molecular formula is C26H34N4O6S. The molecule has 11 heteroatoms. The van der Waals surface area contributed by atoms with Crippen LogP contribution in [0.2, 0.25) is 0 Å². The molecule has 37 heavy (non-hydrogen) atoms. The molecule has 10 nitrogen and oxygen atoms in total. The van der Waals surface area contributed by atoms with E-state index in [0.29, 0.717) is 76.0 Å². The molecule has 1 N–H and O–H groups in total. The summed E-state index contributed by atoms with van der Waals surface area (Å²) in [6.07, 6.45) is 1.14. The van der Waals surface area contributed by atoms with Crippen molar-refractivity contribution in [2.24, 2.45) is 0 Å². The zero-order valence-corrected chi connectivity index (χ0v) is 22.1. The molecule has 0 aliphatic carbocycles. The van der Waals surface area contributed by atoms with Gasteiger partial charge in [-0.1, -0.05) is 12.1 Å². The normalized spacial score (nSPS) is 22.1. The molecule has 2 aromatic carbocycles. The van der Waals surface area contributed by atoms with E-state index in [4.69, 9.17) is 14.2 Å². The Kier molecular flexibility index (Phi) is 7.57. The van der Waals surface area contributed by atoms with Crippen LogP contribution in [0.4, 0.5) is 0 Å². The van der Waals surface area contributed by atoms with Crippen LogP contribution >= 0.6 is 0 Å². The number of piperazine rings is 1. The van der Waals surface area contributed by atoms with Gasteiger partial charge in [-0.05, 0) is 60.8 Å². The van der Waals surface area contributed by atoms with Crippen molar-refractivity contribution >= 4 is 16.1 Å². The number of carbonyl (C=O) groups is 1. The number of nitrogens with zero attached hydrogens (tertiary/aromatic N) is 3. The number of likely N-dealkylation sites (N-methyl/N-ethyl adjacent to an activating group) is 1. The van der Waals surface area contributed by atoms with Crippen LogP contribution in [0.3, 0.4) is 0 Å². The monoisotopic (exact) mass is 530 g/mol. The molecule has 0 aromatic heterocycles. The molecule has 0 saturated carbocycles. The molecule has 2 aromatic rings. The second kappa shape index (κ2) is 10.9. The van der Waals surface area contributed by atoms with Gasteiger partial charge in [-0.15, -0.1) is 0 Å². The number of ether oxygens (including phenoxy) is 3. The first-order chi connectivity index (χ1) is 17.9. The van der Waals surface area contributed by atoms with Crippen molar-refractivity contribution in [1.82, 2.24) is 18.8 Å². The van der Waals surface area contributed by atoms with E-state index in [1.54, 1.807) is 8.61 Å². The van der Waals surface area contributed by atoms with Crippen molar-refractivity contribution in [2.75, 3.05) is 66.6 Å². The van der Waals surface area contributed by atoms with Gasteiger partial charge < -0.3 is 24.4 Å². The highest BCUT2D eigenvalue weighted by Gasteiger charge is 2.41. The van der Waals surface area contributed by atoms with Crippen LogP contribution < -0.4 is 19.5 Å². The Labute approximate surface area is 218 Å². The van der Waals surface area contributed by atoms with Crippen molar-refractivity contribution in [2.45, 2.75) is 18.9 Å². The minimum Gasteiger partial charge on any atom is -0.494 e. The minimum absolute atomic E-state index is 0.137. The number of amides is 1. The fourth-order valence-corrected chi connectivity index (χ4v) is 6.84. The molecule has 200 valence electrons. The number of benzene rings is 2. The van der Waals surface area contributed by atoms with E-state index in [1.165, 1.54) is 7.11 Å². The third-order valence-corrected chi connectivity index (χ3v) is 9.14. The average molecular weight is 531 g/mol. The van der Waals surface area contributed by atoms with Gasteiger partial charge in [0.15, 0.2) is 18.1 Å². The SMILES string of the molecule is COc1cc2c3cc1OCC(=O)NCCCOc1cccc(c1)C2N(S(=O)(=O)N1CCN(C)CC1)CC3. The molecule has 1 unspecified atom stereocenters. The molecule has 1 atom stereocenters. The van der Waals surface area contributed by atoms with Gasteiger partial charge in [0.05, 0.1) is 19.8 Å². The lowest BCUT2D eigenvalue weighted by atomic mass is 9.89. The molecule has 4 aliphatic heterocycles. The van der Waals surface area contributed by atoms with E-state index in [1.807, 2.05) is 43.4 Å². The van der Waals surface area contributed by atoms with Crippen molar-refractivity contribution in [3.8, 4) is 17.2 Å². The lowest BCUT2D eigenvalue weighted by Crippen LogP contribution is -2.54. The summed E-state index contributed by atoms with van der Waals surface area (Å²) >= 11 is 0. The molecule has 1 amide bonds. The quantitative estimate of drug-likeness (QED) is 0.641. The zero-order chi connectivity index (χ0) is 26.0. The summed E-state index contributed by atoms with van der Waals surface area (Å²) < 4.78 is 48.6. The second-order valence-corrected chi connectivity index (χ2v) is 11.5. The number of rotatable bonds is 3. The molecule has 6 rings (SSSR count). The van der Waals surface area contributed by atoms with Gasteiger partial charge in [0.25, 0.3) is 16.1 Å². The Bertz CT molecular complexity index is 1250. The Morgan fingerprint density at radius 3 is 2.65 bits per heavy atom. The number of nitrogens with one attached hydrogen (secondary N) is 1. The summed E-state index contributed by atoms with van der Waals surface area (Å²) in [5.74, 6) is 1.35. The van der Waals surface area contributed by atoms with Crippen LogP contribution in [0.25, 0.3) is 0 Å². The second-order valence-electron chi connectivity index (χ2n) is 9.59. The summed E-state index contributed by atoms with van der Waals surface area (Å²) in [4.78, 5) is 14.4. The van der Waals surface area contributed by atoms with Gasteiger partial charge in [-0.25, -0.2) is 0 Å². The van der Waals surface area contributed by atoms with Gasteiger partial charge >= 0.3 is 0 Å². The summed E-state index contributed by atoms with van der Waals surface area (Å²) in [6, 6.07) is 10.8. The first kappa shape index (κ1) is 25.8. The van der Waals surface area contributed by atoms with Crippen molar-refractivity contribution in [1.29, 1.82) is 0 Å². The maximum absolute atomic E-state index is 14.0.